The van der Waals surface area contributed by atoms with Crippen molar-refractivity contribution in [3.05, 3.63) is 35.9 Å². The first-order valence-corrected chi connectivity index (χ1v) is 4.57. The normalized spacial score (nSPS) is 11.8. The summed E-state index contributed by atoms with van der Waals surface area (Å²) >= 11 is 0. The van der Waals surface area contributed by atoms with E-state index in [0.29, 0.717) is 5.56 Å². The fourth-order valence-electron chi connectivity index (χ4n) is 0.881. The van der Waals surface area contributed by atoms with Crippen LogP contribution >= 0.6 is 0 Å². The summed E-state index contributed by atoms with van der Waals surface area (Å²) in [5, 5.41) is 27.4. The first-order valence-electron chi connectivity index (χ1n) is 4.57. The maximum Gasteiger partial charge on any atom is 1.00 e. The van der Waals surface area contributed by atoms with E-state index in [1.807, 2.05) is 0 Å². The van der Waals surface area contributed by atoms with E-state index in [0.717, 1.165) is 0 Å². The van der Waals surface area contributed by atoms with E-state index in [1.54, 1.807) is 25.1 Å². The van der Waals surface area contributed by atoms with Crippen molar-refractivity contribution in [3.8, 4) is 0 Å². The minimum atomic E-state index is -1.90. The summed E-state index contributed by atoms with van der Waals surface area (Å²) in [7, 11) is 0. The number of carbonyl (C=O) groups is 1. The maximum absolute atomic E-state index is 10.5. The molecule has 1 radical (unpaired) electrons. The topological polar surface area (TPSA) is 116 Å². The number of aliphatic hydroxyl groups excluding tert-OH is 1. The number of carboxylic acid groups (broad SMARTS) is 1. The second-order valence-electron chi connectivity index (χ2n) is 3.04. The van der Waals surface area contributed by atoms with Crippen LogP contribution in [0, 0.1) is 0 Å². The van der Waals surface area contributed by atoms with Gasteiger partial charge in [-0.1, -0.05) is 30.3 Å². The van der Waals surface area contributed by atoms with Gasteiger partial charge in [0.1, 0.15) is 5.60 Å². The quantitative estimate of drug-likeness (QED) is 0.564. The molecule has 6 heteroatoms. The Labute approximate surface area is 122 Å². The van der Waals surface area contributed by atoms with Crippen molar-refractivity contribution in [3.63, 3.8) is 0 Å². The Morgan fingerprint density at radius 2 is 1.71 bits per heavy atom. The molecule has 0 aliphatic carbocycles. The number of rotatable bonds is 2. The molecule has 1 atom stereocenters. The van der Waals surface area contributed by atoms with Crippen LogP contribution in [0.15, 0.2) is 30.3 Å². The molecule has 0 aromatic heterocycles. The van der Waals surface area contributed by atoms with Gasteiger partial charge in [-0.25, -0.2) is 0 Å². The van der Waals surface area contributed by atoms with Crippen LogP contribution in [0.25, 0.3) is 0 Å². The van der Waals surface area contributed by atoms with Gasteiger partial charge in [-0.3, -0.25) is 0 Å². The van der Waals surface area contributed by atoms with Crippen LogP contribution in [0.4, 0.5) is 0 Å². The van der Waals surface area contributed by atoms with Crippen LogP contribution in [0.5, 0.6) is 0 Å². The number of aliphatic hydroxyl groups is 2. The van der Waals surface area contributed by atoms with Gasteiger partial charge in [0.25, 0.3) is 0 Å². The Kier molecular flexibility index (Phi) is 13.6. The molecular formula is C11H18HgNO4. The zero-order valence-electron chi connectivity index (χ0n) is 10.2. The first-order chi connectivity index (χ1) is 6.96. The molecule has 0 bridgehead atoms. The molecule has 0 heterocycles. The standard InChI is InChI=1S/C9H10O3.C2H6O.Hg.H3N/c1-9(12,8(10)11)7-5-3-2-4-6-7;1-2-3;;/h2-6,12H,1H3,(H,10,11);3H,2H2,1H3;;1H3/q;;+1;/p-1. The van der Waals surface area contributed by atoms with Gasteiger partial charge in [0.05, 0.1) is 5.97 Å². The summed E-state index contributed by atoms with van der Waals surface area (Å²) in [5.41, 5.74) is -1.58. The molecule has 0 amide bonds. The molecule has 0 saturated heterocycles. The van der Waals surface area contributed by atoms with Crippen molar-refractivity contribution in [1.82, 2.24) is 6.15 Å². The van der Waals surface area contributed by atoms with Crippen molar-refractivity contribution in [2.24, 2.45) is 0 Å². The van der Waals surface area contributed by atoms with Crippen molar-refractivity contribution >= 4 is 5.97 Å². The van der Waals surface area contributed by atoms with Gasteiger partial charge in [-0.2, -0.15) is 0 Å². The number of hydrogen-bond donors (Lipinski definition) is 3. The molecule has 0 aliphatic rings. The molecule has 0 spiro atoms. The molecule has 1 aromatic rings. The van der Waals surface area contributed by atoms with Crippen molar-refractivity contribution in [1.29, 1.82) is 0 Å². The summed E-state index contributed by atoms with van der Waals surface area (Å²) in [6, 6.07) is 8.14. The van der Waals surface area contributed by atoms with Crippen LogP contribution in [-0.2, 0) is 38.1 Å². The van der Waals surface area contributed by atoms with Crippen molar-refractivity contribution in [2.75, 3.05) is 6.61 Å². The second-order valence-corrected chi connectivity index (χ2v) is 3.04. The van der Waals surface area contributed by atoms with Crippen LogP contribution < -0.4 is 11.3 Å². The van der Waals surface area contributed by atoms with E-state index in [1.165, 1.54) is 19.1 Å². The summed E-state index contributed by atoms with van der Waals surface area (Å²) in [4.78, 5) is 10.5. The Hall–Kier alpha value is -0.495. The van der Waals surface area contributed by atoms with Crippen LogP contribution in [-0.4, -0.2) is 22.8 Å². The molecule has 1 rings (SSSR count). The molecule has 93 valence electrons. The average Bonchev–Trinajstić information content (AvgIpc) is 2.20. The van der Waals surface area contributed by atoms with Gasteiger partial charge in [0, 0.05) is 6.61 Å². The minimum absolute atomic E-state index is 0. The monoisotopic (exact) mass is 430 g/mol. The van der Waals surface area contributed by atoms with E-state index >= 15 is 0 Å². The van der Waals surface area contributed by atoms with Crippen LogP contribution in [0.1, 0.15) is 19.4 Å². The molecular weight excluding hydrogens is 411 g/mol. The van der Waals surface area contributed by atoms with Gasteiger partial charge in [-0.05, 0) is 19.4 Å². The van der Waals surface area contributed by atoms with Crippen molar-refractivity contribution < 1.29 is 47.8 Å². The Bertz CT molecular complexity index is 304. The minimum Gasteiger partial charge on any atom is -0.547 e. The van der Waals surface area contributed by atoms with Gasteiger partial charge in [0.2, 0.25) is 0 Å². The molecule has 5 N–H and O–H groups in total. The number of aliphatic carboxylic acids is 1. The molecule has 17 heavy (non-hydrogen) atoms. The number of hydrogen-bond acceptors (Lipinski definition) is 5. The SMILES string of the molecule is CC(O)(C(=O)[O-])c1ccccc1.CCO.N.[Hg+]. The third-order valence-electron chi connectivity index (χ3n) is 1.73. The predicted molar refractivity (Wildman–Crippen MR) is 58.8 cm³/mol. The van der Waals surface area contributed by atoms with Crippen molar-refractivity contribution in [2.45, 2.75) is 19.4 Å². The number of carboxylic acids is 1. The van der Waals surface area contributed by atoms with Gasteiger partial charge in [0.15, 0.2) is 0 Å². The Morgan fingerprint density at radius 1 is 1.35 bits per heavy atom. The van der Waals surface area contributed by atoms with E-state index in [4.69, 9.17) is 5.11 Å². The second kappa shape index (κ2) is 10.6. The first kappa shape index (κ1) is 21.8. The van der Waals surface area contributed by atoms with Gasteiger partial charge in [-0.15, -0.1) is 0 Å². The Morgan fingerprint density at radius 3 is 2.00 bits per heavy atom. The average molecular weight is 429 g/mol. The zero-order chi connectivity index (χ0) is 11.9. The zero-order valence-corrected chi connectivity index (χ0v) is 15.7. The van der Waals surface area contributed by atoms with Gasteiger partial charge >= 0.3 is 27.7 Å². The smallest absolute Gasteiger partial charge is 0.547 e. The molecule has 0 aliphatic heterocycles. The van der Waals surface area contributed by atoms with Crippen LogP contribution in [0.3, 0.4) is 0 Å². The molecule has 0 saturated carbocycles. The fourth-order valence-corrected chi connectivity index (χ4v) is 0.881. The molecule has 0 fully saturated rings. The van der Waals surface area contributed by atoms with E-state index in [2.05, 4.69) is 0 Å². The predicted octanol–water partition coefficient (Wildman–Crippen LogP) is -0.198. The number of benzene rings is 1. The third-order valence-corrected chi connectivity index (χ3v) is 1.73. The fraction of sp³-hybridized carbons (Fsp3) is 0.364. The maximum atomic E-state index is 10.5. The van der Waals surface area contributed by atoms with Gasteiger partial charge < -0.3 is 26.3 Å². The largest absolute Gasteiger partial charge is 1.00 e. The number of carbonyl (C=O) groups excluding carboxylic acids is 1. The summed E-state index contributed by atoms with van der Waals surface area (Å²) in [6.45, 7) is 3.12. The molecule has 1 unspecified atom stereocenters. The molecule has 1 aromatic carbocycles. The van der Waals surface area contributed by atoms with Crippen LogP contribution in [0.2, 0.25) is 0 Å². The summed E-state index contributed by atoms with van der Waals surface area (Å²) < 4.78 is 0. The molecule has 5 nitrogen and oxygen atoms in total. The third kappa shape index (κ3) is 7.43. The Balaban J connectivity index is -0.000000356. The van der Waals surface area contributed by atoms with E-state index in [-0.39, 0.29) is 40.4 Å². The van der Waals surface area contributed by atoms with E-state index < -0.39 is 11.6 Å². The summed E-state index contributed by atoms with van der Waals surface area (Å²) in [5.74, 6) is -1.49. The summed E-state index contributed by atoms with van der Waals surface area (Å²) in [6.07, 6.45) is 0. The van der Waals surface area contributed by atoms with E-state index in [9.17, 15) is 15.0 Å².